The summed E-state index contributed by atoms with van der Waals surface area (Å²) in [6.45, 7) is 0.443. The molecule has 0 aliphatic carbocycles. The highest BCUT2D eigenvalue weighted by Gasteiger charge is 2.06. The molecule has 110 valence electrons. The second-order valence-corrected chi connectivity index (χ2v) is 4.40. The fraction of sp³-hybridized carbons (Fsp3) is 0.188. The average Bonchev–Trinajstić information content (AvgIpc) is 2.50. The van der Waals surface area contributed by atoms with E-state index in [-0.39, 0.29) is 6.03 Å². The highest BCUT2D eigenvalue weighted by Crippen LogP contribution is 2.18. The molecule has 0 fully saturated rings. The van der Waals surface area contributed by atoms with Crippen molar-refractivity contribution in [2.45, 2.75) is 6.61 Å². The van der Waals surface area contributed by atoms with Gasteiger partial charge in [-0.3, -0.25) is 0 Å². The van der Waals surface area contributed by atoms with Crippen molar-refractivity contribution in [2.75, 3.05) is 24.9 Å². The van der Waals surface area contributed by atoms with Gasteiger partial charge in [-0.15, -0.1) is 0 Å². The Morgan fingerprint density at radius 2 is 1.71 bits per heavy atom. The van der Waals surface area contributed by atoms with Crippen molar-refractivity contribution >= 4 is 17.4 Å². The van der Waals surface area contributed by atoms with E-state index in [4.69, 9.17) is 9.47 Å². The van der Waals surface area contributed by atoms with Gasteiger partial charge in [0.05, 0.1) is 13.7 Å². The zero-order chi connectivity index (χ0) is 15.1. The average molecular weight is 286 g/mol. The van der Waals surface area contributed by atoms with Crippen LogP contribution in [0.3, 0.4) is 0 Å². The molecule has 0 unspecified atom stereocenters. The second kappa shape index (κ2) is 7.31. The molecular formula is C16H18N2O3. The number of carbonyl (C=O) groups excluding carboxylic acids is 1. The van der Waals surface area contributed by atoms with Gasteiger partial charge in [-0.2, -0.15) is 0 Å². The molecule has 2 aromatic rings. The van der Waals surface area contributed by atoms with E-state index in [1.165, 1.54) is 0 Å². The third kappa shape index (κ3) is 4.22. The van der Waals surface area contributed by atoms with Crippen LogP contribution in [-0.2, 0) is 11.3 Å². The number of para-hydroxylation sites is 1. The number of nitrogens with one attached hydrogen (secondary N) is 2. The van der Waals surface area contributed by atoms with Crippen LogP contribution in [0.25, 0.3) is 0 Å². The first kappa shape index (κ1) is 14.9. The maximum absolute atomic E-state index is 12.0. The van der Waals surface area contributed by atoms with E-state index in [2.05, 4.69) is 10.6 Å². The highest BCUT2D eigenvalue weighted by molar-refractivity contribution is 6.00. The Balaban J connectivity index is 2.01. The van der Waals surface area contributed by atoms with E-state index in [0.29, 0.717) is 12.3 Å². The summed E-state index contributed by atoms with van der Waals surface area (Å²) in [4.78, 5) is 12.0. The smallest absolute Gasteiger partial charge is 0.323 e. The minimum absolute atomic E-state index is 0.302. The van der Waals surface area contributed by atoms with Gasteiger partial charge in [0.25, 0.3) is 0 Å². The first-order chi connectivity index (χ1) is 10.2. The summed E-state index contributed by atoms with van der Waals surface area (Å²) in [6.07, 6.45) is 0. The Morgan fingerprint density at radius 1 is 1.00 bits per heavy atom. The number of urea groups is 1. The predicted molar refractivity (Wildman–Crippen MR) is 82.8 cm³/mol. The Morgan fingerprint density at radius 3 is 2.38 bits per heavy atom. The molecule has 0 spiro atoms. The van der Waals surface area contributed by atoms with Crippen LogP contribution in [-0.4, -0.2) is 20.3 Å². The third-order valence-electron chi connectivity index (χ3n) is 2.91. The van der Waals surface area contributed by atoms with E-state index < -0.39 is 0 Å². The maximum Gasteiger partial charge on any atom is 0.323 e. The molecule has 2 aromatic carbocycles. The van der Waals surface area contributed by atoms with Gasteiger partial charge in [-0.1, -0.05) is 18.2 Å². The number of amides is 2. The van der Waals surface area contributed by atoms with Gasteiger partial charge < -0.3 is 20.1 Å². The molecule has 0 heterocycles. The topological polar surface area (TPSA) is 59.6 Å². The SMILES string of the molecule is COCc1ccccc1NC(=O)Nc1ccc(OC)cc1. The van der Waals surface area contributed by atoms with Gasteiger partial charge in [-0.05, 0) is 30.3 Å². The van der Waals surface area contributed by atoms with E-state index in [1.807, 2.05) is 24.3 Å². The van der Waals surface area contributed by atoms with Crippen LogP contribution in [0.5, 0.6) is 5.75 Å². The number of hydrogen-bond donors (Lipinski definition) is 2. The molecule has 0 aromatic heterocycles. The number of anilines is 2. The molecule has 2 N–H and O–H groups in total. The number of benzene rings is 2. The molecule has 0 atom stereocenters. The van der Waals surface area contributed by atoms with E-state index in [1.54, 1.807) is 38.5 Å². The van der Waals surface area contributed by atoms with Gasteiger partial charge in [0, 0.05) is 24.0 Å². The summed E-state index contributed by atoms with van der Waals surface area (Å²) in [6, 6.07) is 14.3. The first-order valence-corrected chi connectivity index (χ1v) is 6.52. The minimum atomic E-state index is -0.302. The monoisotopic (exact) mass is 286 g/mol. The third-order valence-corrected chi connectivity index (χ3v) is 2.91. The lowest BCUT2D eigenvalue weighted by molar-refractivity contribution is 0.185. The lowest BCUT2D eigenvalue weighted by Crippen LogP contribution is -2.20. The zero-order valence-electron chi connectivity index (χ0n) is 12.1. The van der Waals surface area contributed by atoms with Gasteiger partial charge in [0.15, 0.2) is 0 Å². The zero-order valence-corrected chi connectivity index (χ0v) is 12.1. The molecule has 2 amide bonds. The van der Waals surface area contributed by atoms with E-state index in [0.717, 1.165) is 17.0 Å². The summed E-state index contributed by atoms with van der Waals surface area (Å²) in [5, 5.41) is 5.58. The summed E-state index contributed by atoms with van der Waals surface area (Å²) >= 11 is 0. The summed E-state index contributed by atoms with van der Waals surface area (Å²) in [5.74, 6) is 0.742. The van der Waals surface area contributed by atoms with Crippen molar-refractivity contribution < 1.29 is 14.3 Å². The van der Waals surface area contributed by atoms with Crippen LogP contribution >= 0.6 is 0 Å². The number of hydrogen-bond acceptors (Lipinski definition) is 3. The van der Waals surface area contributed by atoms with Crippen LogP contribution in [0.1, 0.15) is 5.56 Å². The standard InChI is InChI=1S/C16H18N2O3/c1-20-11-12-5-3-4-6-15(12)18-16(19)17-13-7-9-14(21-2)10-8-13/h3-10H,11H2,1-2H3,(H2,17,18,19). The second-order valence-electron chi connectivity index (χ2n) is 4.40. The van der Waals surface area contributed by atoms with Crippen LogP contribution in [0.2, 0.25) is 0 Å². The van der Waals surface area contributed by atoms with E-state index in [9.17, 15) is 4.79 Å². The number of methoxy groups -OCH3 is 2. The van der Waals surface area contributed by atoms with Gasteiger partial charge in [-0.25, -0.2) is 4.79 Å². The van der Waals surface area contributed by atoms with Crippen molar-refractivity contribution in [2.24, 2.45) is 0 Å². The summed E-state index contributed by atoms with van der Waals surface area (Å²) in [5.41, 5.74) is 2.34. The van der Waals surface area contributed by atoms with Crippen molar-refractivity contribution in [1.82, 2.24) is 0 Å². The summed E-state index contributed by atoms with van der Waals surface area (Å²) < 4.78 is 10.2. The Kier molecular flexibility index (Phi) is 5.17. The van der Waals surface area contributed by atoms with Crippen LogP contribution in [0.4, 0.5) is 16.2 Å². The normalized spacial score (nSPS) is 10.0. The number of rotatable bonds is 5. The predicted octanol–water partition coefficient (Wildman–Crippen LogP) is 3.49. The number of ether oxygens (including phenoxy) is 2. The molecule has 0 saturated carbocycles. The fourth-order valence-corrected chi connectivity index (χ4v) is 1.88. The van der Waals surface area contributed by atoms with Gasteiger partial charge in [0.2, 0.25) is 0 Å². The molecule has 5 heteroatoms. The molecular weight excluding hydrogens is 268 g/mol. The molecule has 0 aliphatic heterocycles. The van der Waals surface area contributed by atoms with Crippen molar-refractivity contribution in [3.05, 3.63) is 54.1 Å². The van der Waals surface area contributed by atoms with Crippen LogP contribution in [0.15, 0.2) is 48.5 Å². The van der Waals surface area contributed by atoms with Crippen LogP contribution in [0, 0.1) is 0 Å². The lowest BCUT2D eigenvalue weighted by Gasteiger charge is -2.11. The maximum atomic E-state index is 12.0. The quantitative estimate of drug-likeness (QED) is 0.884. The molecule has 0 aliphatic rings. The Bertz CT molecular complexity index is 597. The van der Waals surface area contributed by atoms with Crippen molar-refractivity contribution in [3.63, 3.8) is 0 Å². The van der Waals surface area contributed by atoms with Gasteiger partial charge >= 0.3 is 6.03 Å². The fourth-order valence-electron chi connectivity index (χ4n) is 1.88. The Hall–Kier alpha value is -2.53. The lowest BCUT2D eigenvalue weighted by atomic mass is 10.2. The van der Waals surface area contributed by atoms with E-state index >= 15 is 0 Å². The Labute approximate surface area is 123 Å². The molecule has 0 bridgehead atoms. The van der Waals surface area contributed by atoms with Crippen molar-refractivity contribution in [3.8, 4) is 5.75 Å². The van der Waals surface area contributed by atoms with Gasteiger partial charge in [0.1, 0.15) is 5.75 Å². The molecule has 0 radical (unpaired) electrons. The van der Waals surface area contributed by atoms with Crippen molar-refractivity contribution in [1.29, 1.82) is 0 Å². The van der Waals surface area contributed by atoms with Crippen LogP contribution < -0.4 is 15.4 Å². The molecule has 2 rings (SSSR count). The largest absolute Gasteiger partial charge is 0.497 e. The number of carbonyl (C=O) groups is 1. The highest BCUT2D eigenvalue weighted by atomic mass is 16.5. The first-order valence-electron chi connectivity index (χ1n) is 6.52. The summed E-state index contributed by atoms with van der Waals surface area (Å²) in [7, 11) is 3.22. The molecule has 5 nitrogen and oxygen atoms in total. The molecule has 21 heavy (non-hydrogen) atoms. The molecule has 0 saturated heterocycles. The minimum Gasteiger partial charge on any atom is -0.497 e.